The van der Waals surface area contributed by atoms with E-state index in [1.807, 2.05) is 0 Å². The van der Waals surface area contributed by atoms with E-state index in [-0.39, 0.29) is 11.5 Å². The van der Waals surface area contributed by atoms with Crippen molar-refractivity contribution in [2.24, 2.45) is 0 Å². The summed E-state index contributed by atoms with van der Waals surface area (Å²) in [5, 5.41) is 0. The maximum atomic E-state index is 12.5. The van der Waals surface area contributed by atoms with Crippen LogP contribution in [0.5, 0.6) is 0 Å². The fraction of sp³-hybridized carbons (Fsp3) is 0.273. The maximum Gasteiger partial charge on any atom is 0.416 e. The molecule has 3 heteroatoms. The fourth-order valence-electron chi connectivity index (χ4n) is 1.28. The summed E-state index contributed by atoms with van der Waals surface area (Å²) in [6.07, 6.45) is -2.78. The molecule has 0 bridgehead atoms. The van der Waals surface area contributed by atoms with Crippen LogP contribution >= 0.6 is 0 Å². The van der Waals surface area contributed by atoms with Gasteiger partial charge >= 0.3 is 6.18 Å². The van der Waals surface area contributed by atoms with Crippen LogP contribution in [0.1, 0.15) is 24.0 Å². The van der Waals surface area contributed by atoms with Crippen LogP contribution in [0.3, 0.4) is 0 Å². The van der Waals surface area contributed by atoms with Crippen molar-refractivity contribution in [3.05, 3.63) is 48.0 Å². The van der Waals surface area contributed by atoms with Crippen molar-refractivity contribution in [1.29, 1.82) is 0 Å². The summed E-state index contributed by atoms with van der Waals surface area (Å²) in [5.74, 6) is -0.284. The maximum absolute atomic E-state index is 12.5. The number of rotatable bonds is 2. The molecule has 1 atom stereocenters. The van der Waals surface area contributed by atoms with Crippen molar-refractivity contribution in [1.82, 2.24) is 0 Å². The van der Waals surface area contributed by atoms with Crippen molar-refractivity contribution in [3.63, 3.8) is 0 Å². The first-order valence-corrected chi connectivity index (χ1v) is 4.25. The lowest BCUT2D eigenvalue weighted by atomic mass is 9.95. The molecule has 0 aliphatic carbocycles. The van der Waals surface area contributed by atoms with Crippen LogP contribution in [0.25, 0.3) is 0 Å². The van der Waals surface area contributed by atoms with Crippen molar-refractivity contribution in [2.75, 3.05) is 0 Å². The predicted molar refractivity (Wildman–Crippen MR) is 50.1 cm³/mol. The molecular weight excluding hydrogens is 189 g/mol. The molecule has 0 N–H and O–H groups in total. The van der Waals surface area contributed by atoms with Gasteiger partial charge in [0.1, 0.15) is 0 Å². The topological polar surface area (TPSA) is 0 Å². The molecule has 0 spiro atoms. The largest absolute Gasteiger partial charge is 0.416 e. The second-order valence-electron chi connectivity index (χ2n) is 3.11. The van der Waals surface area contributed by atoms with Crippen LogP contribution in [0.15, 0.2) is 36.9 Å². The van der Waals surface area contributed by atoms with Crippen molar-refractivity contribution in [3.8, 4) is 0 Å². The molecule has 1 aromatic rings. The Balaban J connectivity index is 3.22. The number of hydrogen-bond donors (Lipinski definition) is 0. The molecule has 0 saturated heterocycles. The van der Waals surface area contributed by atoms with E-state index in [0.717, 1.165) is 6.07 Å². The zero-order chi connectivity index (χ0) is 10.8. The Labute approximate surface area is 81.1 Å². The SMILES string of the molecule is C=CC(C)c1ccccc1C(F)(F)F. The molecule has 14 heavy (non-hydrogen) atoms. The van der Waals surface area contributed by atoms with Gasteiger partial charge in [0.2, 0.25) is 0 Å². The zero-order valence-corrected chi connectivity index (χ0v) is 7.81. The molecule has 76 valence electrons. The first-order chi connectivity index (χ1) is 6.46. The second-order valence-corrected chi connectivity index (χ2v) is 3.11. The Morgan fingerprint density at radius 2 is 1.86 bits per heavy atom. The minimum Gasteiger partial charge on any atom is -0.166 e. The van der Waals surface area contributed by atoms with E-state index in [1.54, 1.807) is 13.0 Å². The van der Waals surface area contributed by atoms with Gasteiger partial charge in [0, 0.05) is 0 Å². The lowest BCUT2D eigenvalue weighted by molar-refractivity contribution is -0.138. The Morgan fingerprint density at radius 3 is 2.36 bits per heavy atom. The summed E-state index contributed by atoms with van der Waals surface area (Å²) in [5.41, 5.74) is -0.303. The van der Waals surface area contributed by atoms with Gasteiger partial charge in [0.05, 0.1) is 5.56 Å². The minimum atomic E-state index is -4.28. The minimum absolute atomic E-state index is 0.273. The molecule has 0 aromatic heterocycles. The third-order valence-corrected chi connectivity index (χ3v) is 2.11. The van der Waals surface area contributed by atoms with E-state index in [9.17, 15) is 13.2 Å². The van der Waals surface area contributed by atoms with Gasteiger partial charge in [-0.05, 0) is 17.5 Å². The van der Waals surface area contributed by atoms with Crippen molar-refractivity contribution >= 4 is 0 Å². The molecule has 0 aliphatic heterocycles. The Kier molecular flexibility index (Phi) is 2.99. The van der Waals surface area contributed by atoms with Crippen LogP contribution in [0.4, 0.5) is 13.2 Å². The Hall–Kier alpha value is -1.25. The molecule has 0 radical (unpaired) electrons. The van der Waals surface area contributed by atoms with Crippen LogP contribution < -0.4 is 0 Å². The molecule has 0 nitrogen and oxygen atoms in total. The number of hydrogen-bond acceptors (Lipinski definition) is 0. The molecule has 0 heterocycles. The fourth-order valence-corrected chi connectivity index (χ4v) is 1.28. The highest BCUT2D eigenvalue weighted by molar-refractivity contribution is 5.34. The van der Waals surface area contributed by atoms with Gasteiger partial charge < -0.3 is 0 Å². The Bertz CT molecular complexity index is 326. The molecular formula is C11H11F3. The first kappa shape index (κ1) is 10.8. The lowest BCUT2D eigenvalue weighted by Gasteiger charge is -2.15. The normalized spacial score (nSPS) is 13.7. The molecule has 1 rings (SSSR count). The van der Waals surface area contributed by atoms with Crippen LogP contribution in [0.2, 0.25) is 0 Å². The van der Waals surface area contributed by atoms with E-state index in [2.05, 4.69) is 6.58 Å². The van der Waals surface area contributed by atoms with Gasteiger partial charge in [-0.15, -0.1) is 6.58 Å². The zero-order valence-electron chi connectivity index (χ0n) is 7.81. The Morgan fingerprint density at radius 1 is 1.29 bits per heavy atom. The van der Waals surface area contributed by atoms with Gasteiger partial charge in [-0.1, -0.05) is 31.2 Å². The van der Waals surface area contributed by atoms with E-state index in [0.29, 0.717) is 0 Å². The van der Waals surface area contributed by atoms with E-state index < -0.39 is 11.7 Å². The molecule has 0 fully saturated rings. The number of allylic oxidation sites excluding steroid dienone is 1. The molecule has 1 unspecified atom stereocenters. The van der Waals surface area contributed by atoms with Crippen LogP contribution in [0, 0.1) is 0 Å². The first-order valence-electron chi connectivity index (χ1n) is 4.25. The molecule has 0 saturated carbocycles. The van der Waals surface area contributed by atoms with E-state index >= 15 is 0 Å². The number of alkyl halides is 3. The number of halogens is 3. The summed E-state index contributed by atoms with van der Waals surface area (Å²) in [6.45, 7) is 5.18. The van der Waals surface area contributed by atoms with Crippen molar-refractivity contribution in [2.45, 2.75) is 19.0 Å². The average molecular weight is 200 g/mol. The van der Waals surface area contributed by atoms with Gasteiger partial charge in [0.15, 0.2) is 0 Å². The summed E-state index contributed by atoms with van der Waals surface area (Å²) < 4.78 is 37.5. The van der Waals surface area contributed by atoms with Crippen LogP contribution in [-0.2, 0) is 6.18 Å². The average Bonchev–Trinajstić information content (AvgIpc) is 2.15. The molecule has 1 aromatic carbocycles. The van der Waals surface area contributed by atoms with Gasteiger partial charge in [-0.3, -0.25) is 0 Å². The highest BCUT2D eigenvalue weighted by Crippen LogP contribution is 2.35. The highest BCUT2D eigenvalue weighted by Gasteiger charge is 2.33. The quantitative estimate of drug-likeness (QED) is 0.633. The standard InChI is InChI=1S/C11H11F3/c1-3-8(2)9-6-4-5-7-10(9)11(12,13)14/h3-8H,1H2,2H3. The monoisotopic (exact) mass is 200 g/mol. The lowest BCUT2D eigenvalue weighted by Crippen LogP contribution is -2.09. The predicted octanol–water partition coefficient (Wildman–Crippen LogP) is 3.99. The van der Waals surface area contributed by atoms with Crippen LogP contribution in [-0.4, -0.2) is 0 Å². The summed E-state index contributed by atoms with van der Waals surface area (Å²) >= 11 is 0. The summed E-state index contributed by atoms with van der Waals surface area (Å²) in [6, 6.07) is 5.57. The highest BCUT2D eigenvalue weighted by atomic mass is 19.4. The van der Waals surface area contributed by atoms with Gasteiger partial charge in [0.25, 0.3) is 0 Å². The third kappa shape index (κ3) is 2.16. The summed E-state index contributed by atoms with van der Waals surface area (Å²) in [7, 11) is 0. The number of benzene rings is 1. The third-order valence-electron chi connectivity index (χ3n) is 2.11. The van der Waals surface area contributed by atoms with Crippen molar-refractivity contribution < 1.29 is 13.2 Å². The molecule has 0 aliphatic rings. The second kappa shape index (κ2) is 3.86. The molecule has 0 amide bonds. The van der Waals surface area contributed by atoms with Gasteiger partial charge in [-0.25, -0.2) is 0 Å². The van der Waals surface area contributed by atoms with Gasteiger partial charge in [-0.2, -0.15) is 13.2 Å². The smallest absolute Gasteiger partial charge is 0.166 e. The van der Waals surface area contributed by atoms with E-state index in [4.69, 9.17) is 0 Å². The summed E-state index contributed by atoms with van der Waals surface area (Å²) in [4.78, 5) is 0. The van der Waals surface area contributed by atoms with E-state index in [1.165, 1.54) is 18.2 Å².